The summed E-state index contributed by atoms with van der Waals surface area (Å²) < 4.78 is 26.0. The summed E-state index contributed by atoms with van der Waals surface area (Å²) in [5, 5.41) is 0. The lowest BCUT2D eigenvalue weighted by Crippen LogP contribution is -2.38. The number of likely N-dealkylation sites (tertiary alicyclic amines) is 1. The lowest BCUT2D eigenvalue weighted by atomic mass is 10.0. The number of hydrogen-bond acceptors (Lipinski definition) is 6. The Morgan fingerprint density at radius 2 is 2.15 bits per heavy atom. The summed E-state index contributed by atoms with van der Waals surface area (Å²) in [6.07, 6.45) is 2.54. The van der Waals surface area contributed by atoms with Gasteiger partial charge in [0.2, 0.25) is 5.88 Å². The van der Waals surface area contributed by atoms with Crippen molar-refractivity contribution in [3.8, 4) is 5.88 Å². The number of esters is 1. The monoisotopic (exact) mass is 473 g/mol. The summed E-state index contributed by atoms with van der Waals surface area (Å²) in [7, 11) is 1.50. The van der Waals surface area contributed by atoms with Gasteiger partial charge in [0.05, 0.1) is 24.4 Å². The van der Waals surface area contributed by atoms with E-state index in [1.165, 1.54) is 14.0 Å². The molecule has 1 aliphatic rings. The maximum Gasteiger partial charge on any atom is 0.303 e. The van der Waals surface area contributed by atoms with E-state index in [-0.39, 0.29) is 5.56 Å². The molecular weight excluding hydrogens is 452 g/mol. The number of rotatable bonds is 5. The molecular formula is C18H21FIN3O3. The van der Waals surface area contributed by atoms with Gasteiger partial charge < -0.3 is 9.47 Å². The number of halogens is 2. The van der Waals surface area contributed by atoms with Crippen molar-refractivity contribution in [2.75, 3.05) is 26.7 Å². The molecule has 1 aliphatic heterocycles. The average molecular weight is 473 g/mol. The third-order valence-corrected chi connectivity index (χ3v) is 5.70. The van der Waals surface area contributed by atoms with Crippen LogP contribution in [0, 0.1) is 5.82 Å². The molecule has 8 heteroatoms. The number of fused-ring (bicyclic) bond motifs is 1. The molecule has 1 unspecified atom stereocenters. The molecule has 26 heavy (non-hydrogen) atoms. The highest BCUT2D eigenvalue weighted by Crippen LogP contribution is 2.30. The van der Waals surface area contributed by atoms with E-state index in [1.807, 2.05) is 0 Å². The zero-order valence-corrected chi connectivity index (χ0v) is 16.9. The molecule has 0 N–H and O–H groups in total. The van der Waals surface area contributed by atoms with Crippen molar-refractivity contribution in [3.63, 3.8) is 0 Å². The van der Waals surface area contributed by atoms with Crippen LogP contribution in [0.4, 0.5) is 4.39 Å². The Morgan fingerprint density at radius 1 is 1.42 bits per heavy atom. The standard InChI is InChI=1S/C18H21FIN3O3/c1-11(24)26-15(10-23-7-5-12(20)6-8-23)17-13(19)9-21-14-3-4-16(25-2)22-18(14)17/h3-4,9,12,15H,5-8,10H2,1-2H3. The van der Waals surface area contributed by atoms with Crippen LogP contribution in [0.15, 0.2) is 18.3 Å². The first-order chi connectivity index (χ1) is 12.5. The fraction of sp³-hybridized carbons (Fsp3) is 0.500. The van der Waals surface area contributed by atoms with Gasteiger partial charge in [-0.15, -0.1) is 0 Å². The second-order valence-electron chi connectivity index (χ2n) is 6.31. The fourth-order valence-corrected chi connectivity index (χ4v) is 3.73. The van der Waals surface area contributed by atoms with E-state index in [0.717, 1.165) is 32.1 Å². The lowest BCUT2D eigenvalue weighted by molar-refractivity contribution is -0.147. The van der Waals surface area contributed by atoms with Gasteiger partial charge in [-0.2, -0.15) is 0 Å². The zero-order chi connectivity index (χ0) is 18.7. The number of aromatic nitrogens is 2. The van der Waals surface area contributed by atoms with Crippen molar-refractivity contribution < 1.29 is 18.7 Å². The van der Waals surface area contributed by atoms with Crippen molar-refractivity contribution in [2.45, 2.75) is 29.8 Å². The van der Waals surface area contributed by atoms with E-state index in [1.54, 1.807) is 12.1 Å². The molecule has 140 valence electrons. The SMILES string of the molecule is COc1ccc2ncc(F)c(C(CN3CCC(I)CC3)OC(C)=O)c2n1. The largest absolute Gasteiger partial charge is 0.481 e. The maximum atomic E-state index is 14.7. The first kappa shape index (κ1) is 19.2. The van der Waals surface area contributed by atoms with Crippen molar-refractivity contribution in [1.82, 2.24) is 14.9 Å². The van der Waals surface area contributed by atoms with E-state index in [4.69, 9.17) is 9.47 Å². The van der Waals surface area contributed by atoms with E-state index >= 15 is 0 Å². The number of alkyl halides is 1. The second-order valence-corrected chi connectivity index (χ2v) is 8.08. The highest BCUT2D eigenvalue weighted by Gasteiger charge is 2.27. The molecule has 0 amide bonds. The number of carbonyl (C=O) groups excluding carboxylic acids is 1. The number of nitrogens with zero attached hydrogens (tertiary/aromatic N) is 3. The molecule has 1 fully saturated rings. The third-order valence-electron chi connectivity index (χ3n) is 4.46. The summed E-state index contributed by atoms with van der Waals surface area (Å²) in [6, 6.07) is 3.39. The number of ether oxygens (including phenoxy) is 2. The third kappa shape index (κ3) is 4.40. The number of methoxy groups -OCH3 is 1. The Morgan fingerprint density at radius 3 is 2.81 bits per heavy atom. The predicted octanol–water partition coefficient (Wildman–Crippen LogP) is 3.28. The summed E-state index contributed by atoms with van der Waals surface area (Å²) in [5.41, 5.74) is 1.14. The Balaban J connectivity index is 1.99. The molecule has 3 rings (SSSR count). The van der Waals surface area contributed by atoms with Gasteiger partial charge in [0.25, 0.3) is 0 Å². The van der Waals surface area contributed by atoms with Crippen LogP contribution in [0.5, 0.6) is 5.88 Å². The topological polar surface area (TPSA) is 64.6 Å². The molecule has 1 atom stereocenters. The molecule has 0 aromatic carbocycles. The molecule has 2 aromatic rings. The van der Waals surface area contributed by atoms with Gasteiger partial charge in [0.15, 0.2) is 5.82 Å². The van der Waals surface area contributed by atoms with Crippen molar-refractivity contribution in [1.29, 1.82) is 0 Å². The van der Waals surface area contributed by atoms with Crippen molar-refractivity contribution in [3.05, 3.63) is 29.7 Å². The second kappa shape index (κ2) is 8.43. The summed E-state index contributed by atoms with van der Waals surface area (Å²) in [4.78, 5) is 22.3. The maximum absolute atomic E-state index is 14.7. The van der Waals surface area contributed by atoms with Gasteiger partial charge in [0, 0.05) is 23.5 Å². The van der Waals surface area contributed by atoms with Gasteiger partial charge in [-0.3, -0.25) is 14.7 Å². The van der Waals surface area contributed by atoms with Gasteiger partial charge in [0.1, 0.15) is 11.6 Å². The van der Waals surface area contributed by atoms with E-state index in [9.17, 15) is 9.18 Å². The smallest absolute Gasteiger partial charge is 0.303 e. The van der Waals surface area contributed by atoms with E-state index < -0.39 is 17.9 Å². The lowest BCUT2D eigenvalue weighted by Gasteiger charge is -2.32. The number of pyridine rings is 2. The average Bonchev–Trinajstić information content (AvgIpc) is 2.62. The highest BCUT2D eigenvalue weighted by atomic mass is 127. The number of carbonyl (C=O) groups is 1. The van der Waals surface area contributed by atoms with Crippen LogP contribution < -0.4 is 4.74 Å². The van der Waals surface area contributed by atoms with Crippen LogP contribution in [-0.2, 0) is 9.53 Å². The minimum absolute atomic E-state index is 0.251. The Hall–Kier alpha value is -1.55. The molecule has 2 aromatic heterocycles. The Bertz CT molecular complexity index is 797. The molecule has 0 radical (unpaired) electrons. The molecule has 0 aliphatic carbocycles. The molecule has 0 bridgehead atoms. The summed E-state index contributed by atoms with van der Waals surface area (Å²) in [5.74, 6) is -0.627. The first-order valence-corrected chi connectivity index (χ1v) is 9.75. The van der Waals surface area contributed by atoms with Crippen LogP contribution in [0.25, 0.3) is 11.0 Å². The van der Waals surface area contributed by atoms with Gasteiger partial charge in [-0.05, 0) is 32.0 Å². The minimum Gasteiger partial charge on any atom is -0.481 e. The molecule has 6 nitrogen and oxygen atoms in total. The van der Waals surface area contributed by atoms with Crippen LogP contribution in [0.1, 0.15) is 31.4 Å². The Kier molecular flexibility index (Phi) is 6.23. The van der Waals surface area contributed by atoms with Crippen LogP contribution in [0.2, 0.25) is 0 Å². The number of hydrogen-bond donors (Lipinski definition) is 0. The van der Waals surface area contributed by atoms with Gasteiger partial charge >= 0.3 is 5.97 Å². The first-order valence-electron chi connectivity index (χ1n) is 8.50. The van der Waals surface area contributed by atoms with Crippen LogP contribution in [0.3, 0.4) is 0 Å². The predicted molar refractivity (Wildman–Crippen MR) is 104 cm³/mol. The summed E-state index contributed by atoms with van der Waals surface area (Å²) in [6.45, 7) is 3.55. The quantitative estimate of drug-likeness (QED) is 0.378. The zero-order valence-electron chi connectivity index (χ0n) is 14.7. The fourth-order valence-electron chi connectivity index (χ4n) is 3.17. The Labute approximate surface area is 165 Å². The summed E-state index contributed by atoms with van der Waals surface area (Å²) >= 11 is 2.45. The molecule has 3 heterocycles. The van der Waals surface area contributed by atoms with Crippen LogP contribution in [-0.4, -0.2) is 51.5 Å². The number of piperidine rings is 1. The van der Waals surface area contributed by atoms with Crippen molar-refractivity contribution in [2.24, 2.45) is 0 Å². The highest BCUT2D eigenvalue weighted by molar-refractivity contribution is 14.1. The van der Waals surface area contributed by atoms with E-state index in [2.05, 4.69) is 37.5 Å². The minimum atomic E-state index is -0.747. The van der Waals surface area contributed by atoms with E-state index in [0.29, 0.717) is 27.4 Å². The van der Waals surface area contributed by atoms with Gasteiger partial charge in [-0.25, -0.2) is 9.37 Å². The molecule has 1 saturated heterocycles. The molecule has 0 spiro atoms. The van der Waals surface area contributed by atoms with Gasteiger partial charge in [-0.1, -0.05) is 22.6 Å². The van der Waals surface area contributed by atoms with Crippen LogP contribution >= 0.6 is 22.6 Å². The normalized spacial score (nSPS) is 17.2. The van der Waals surface area contributed by atoms with Crippen molar-refractivity contribution >= 4 is 39.6 Å². The molecule has 0 saturated carbocycles.